The highest BCUT2D eigenvalue weighted by Gasteiger charge is 2.31. The minimum Gasteiger partial charge on any atom is -0.325 e. The molecule has 0 atom stereocenters. The average Bonchev–Trinajstić information content (AvgIpc) is 2.69. The molecule has 0 saturated carbocycles. The second-order valence-electron chi connectivity index (χ2n) is 7.76. The van der Waals surface area contributed by atoms with Crippen molar-refractivity contribution in [3.63, 3.8) is 0 Å². The minimum atomic E-state index is -3.34. The molecule has 1 fully saturated rings. The first-order chi connectivity index (χ1) is 13.9. The third-order valence-corrected chi connectivity index (χ3v) is 7.09. The van der Waals surface area contributed by atoms with E-state index in [1.54, 1.807) is 4.31 Å². The van der Waals surface area contributed by atoms with Crippen molar-refractivity contribution in [1.82, 2.24) is 4.31 Å². The Hall–Kier alpha value is -2.22. The van der Waals surface area contributed by atoms with E-state index in [4.69, 9.17) is 0 Å². The molecule has 1 N–H and O–H groups in total. The number of hydrogen-bond donors (Lipinski definition) is 1. The van der Waals surface area contributed by atoms with Crippen molar-refractivity contribution in [2.24, 2.45) is 0 Å². The number of para-hydroxylation sites is 1. The van der Waals surface area contributed by atoms with Crippen LogP contribution in [0.25, 0.3) is 0 Å². The van der Waals surface area contributed by atoms with Gasteiger partial charge in [-0.15, -0.1) is 0 Å². The van der Waals surface area contributed by atoms with Crippen LogP contribution in [0.2, 0.25) is 0 Å². The molecule has 0 bridgehead atoms. The molecule has 2 aromatic rings. The number of hydrogen-bond acceptors (Lipinski definition) is 3. The average molecular weight is 417 g/mol. The highest BCUT2D eigenvalue weighted by Crippen LogP contribution is 2.16. The van der Waals surface area contributed by atoms with Gasteiger partial charge in [-0.3, -0.25) is 4.79 Å². The highest BCUT2D eigenvalue weighted by molar-refractivity contribution is 7.88. The standard InChI is InChI=1S/C22H29N3O3S/c1-19(2)25(21-11-7-4-8-12-21)22(26)17-23-13-15-24(16-14-23)29(27,28)18-20-9-5-3-6-10-20/h3-12,19H,13-18H2,1-2H3/p+1. The number of carbonyl (C=O) groups is 1. The van der Waals surface area contributed by atoms with Crippen LogP contribution in [0.15, 0.2) is 60.7 Å². The number of quaternary nitrogens is 1. The van der Waals surface area contributed by atoms with Gasteiger partial charge in [0.15, 0.2) is 6.54 Å². The molecule has 1 aliphatic rings. The summed E-state index contributed by atoms with van der Waals surface area (Å²) >= 11 is 0. The fourth-order valence-electron chi connectivity index (χ4n) is 3.75. The maximum absolute atomic E-state index is 12.9. The van der Waals surface area contributed by atoms with Gasteiger partial charge in [0.2, 0.25) is 10.0 Å². The molecule has 1 saturated heterocycles. The molecule has 1 heterocycles. The van der Waals surface area contributed by atoms with Crippen LogP contribution in [0.1, 0.15) is 19.4 Å². The summed E-state index contributed by atoms with van der Waals surface area (Å²) in [4.78, 5) is 15.9. The quantitative estimate of drug-likeness (QED) is 0.737. The lowest BCUT2D eigenvalue weighted by atomic mass is 10.2. The van der Waals surface area contributed by atoms with Crippen LogP contribution in [0.4, 0.5) is 5.69 Å². The fourth-order valence-corrected chi connectivity index (χ4v) is 5.29. The van der Waals surface area contributed by atoms with Gasteiger partial charge in [-0.1, -0.05) is 48.5 Å². The molecule has 7 heteroatoms. The molecule has 0 spiro atoms. The maximum Gasteiger partial charge on any atom is 0.282 e. The lowest BCUT2D eigenvalue weighted by Crippen LogP contribution is -3.15. The number of piperazine rings is 1. The third kappa shape index (κ3) is 5.65. The molecule has 6 nitrogen and oxygen atoms in total. The van der Waals surface area contributed by atoms with Crippen molar-refractivity contribution in [2.75, 3.05) is 37.6 Å². The van der Waals surface area contributed by atoms with Crippen LogP contribution in [-0.4, -0.2) is 57.4 Å². The van der Waals surface area contributed by atoms with Gasteiger partial charge in [-0.25, -0.2) is 8.42 Å². The van der Waals surface area contributed by atoms with Gasteiger partial charge in [0.05, 0.1) is 31.9 Å². The molecular weight excluding hydrogens is 386 g/mol. The van der Waals surface area contributed by atoms with E-state index in [-0.39, 0.29) is 17.7 Å². The molecule has 1 aliphatic heterocycles. The number of carbonyl (C=O) groups excluding carboxylic acids is 1. The van der Waals surface area contributed by atoms with E-state index in [1.807, 2.05) is 79.4 Å². The van der Waals surface area contributed by atoms with E-state index in [1.165, 1.54) is 0 Å². The normalized spacial score (nSPS) is 16.1. The number of nitrogens with one attached hydrogen (secondary N) is 1. The van der Waals surface area contributed by atoms with Crippen molar-refractivity contribution in [3.8, 4) is 0 Å². The Kier molecular flexibility index (Phi) is 7.05. The zero-order valence-corrected chi connectivity index (χ0v) is 17.9. The van der Waals surface area contributed by atoms with Gasteiger partial charge in [-0.05, 0) is 31.5 Å². The Morgan fingerprint density at radius 3 is 2.10 bits per heavy atom. The Bertz CT molecular complexity index is 893. The van der Waals surface area contributed by atoms with Crippen molar-refractivity contribution < 1.29 is 18.1 Å². The molecule has 0 radical (unpaired) electrons. The number of rotatable bonds is 7. The van der Waals surface area contributed by atoms with Crippen LogP contribution >= 0.6 is 0 Å². The number of benzene rings is 2. The van der Waals surface area contributed by atoms with Crippen LogP contribution in [0, 0.1) is 0 Å². The molecule has 1 amide bonds. The van der Waals surface area contributed by atoms with Gasteiger partial charge in [0.25, 0.3) is 5.91 Å². The van der Waals surface area contributed by atoms with E-state index in [2.05, 4.69) is 0 Å². The predicted molar refractivity (Wildman–Crippen MR) is 115 cm³/mol. The first-order valence-electron chi connectivity index (χ1n) is 10.1. The van der Waals surface area contributed by atoms with Crippen molar-refractivity contribution >= 4 is 21.6 Å². The Labute approximate surface area is 173 Å². The minimum absolute atomic E-state index is 0.0250. The van der Waals surface area contributed by atoms with Gasteiger partial charge >= 0.3 is 0 Å². The Balaban J connectivity index is 1.57. The van der Waals surface area contributed by atoms with Gasteiger partial charge < -0.3 is 9.80 Å². The summed E-state index contributed by atoms with van der Waals surface area (Å²) in [5.74, 6) is 0.0961. The van der Waals surface area contributed by atoms with E-state index in [0.29, 0.717) is 32.7 Å². The third-order valence-electron chi connectivity index (χ3n) is 5.24. The molecular formula is C22H30N3O3S+. The summed E-state index contributed by atoms with van der Waals surface area (Å²) in [5, 5.41) is 0. The van der Waals surface area contributed by atoms with Crippen molar-refractivity contribution in [1.29, 1.82) is 0 Å². The van der Waals surface area contributed by atoms with E-state index in [9.17, 15) is 13.2 Å². The second kappa shape index (κ2) is 9.52. The van der Waals surface area contributed by atoms with E-state index >= 15 is 0 Å². The van der Waals surface area contributed by atoms with Crippen LogP contribution in [-0.2, 0) is 20.6 Å². The Morgan fingerprint density at radius 2 is 1.55 bits per heavy atom. The van der Waals surface area contributed by atoms with E-state index < -0.39 is 10.0 Å². The number of amides is 1. The second-order valence-corrected chi connectivity index (χ2v) is 9.73. The van der Waals surface area contributed by atoms with Crippen LogP contribution < -0.4 is 9.80 Å². The highest BCUT2D eigenvalue weighted by atomic mass is 32.2. The zero-order chi connectivity index (χ0) is 20.9. The zero-order valence-electron chi connectivity index (χ0n) is 17.1. The summed E-state index contributed by atoms with van der Waals surface area (Å²) in [6, 6.07) is 19.0. The number of anilines is 1. The molecule has 3 rings (SSSR count). The summed E-state index contributed by atoms with van der Waals surface area (Å²) in [6.45, 7) is 6.57. The summed E-state index contributed by atoms with van der Waals surface area (Å²) in [5.41, 5.74) is 1.70. The van der Waals surface area contributed by atoms with Gasteiger partial charge in [-0.2, -0.15) is 4.31 Å². The van der Waals surface area contributed by atoms with Crippen molar-refractivity contribution in [3.05, 3.63) is 66.2 Å². The fraction of sp³-hybridized carbons (Fsp3) is 0.409. The summed E-state index contributed by atoms with van der Waals surface area (Å²) < 4.78 is 27.0. The molecule has 0 aliphatic carbocycles. The first kappa shape index (κ1) is 21.5. The lowest BCUT2D eigenvalue weighted by molar-refractivity contribution is -0.895. The SMILES string of the molecule is CC(C)N(C(=O)C[NH+]1CCN(S(=O)(=O)Cc2ccccc2)CC1)c1ccccc1. The largest absolute Gasteiger partial charge is 0.325 e. The van der Waals surface area contributed by atoms with Crippen molar-refractivity contribution in [2.45, 2.75) is 25.6 Å². The van der Waals surface area contributed by atoms with Crippen LogP contribution in [0.3, 0.4) is 0 Å². The molecule has 0 unspecified atom stereocenters. The Morgan fingerprint density at radius 1 is 1.00 bits per heavy atom. The monoisotopic (exact) mass is 416 g/mol. The number of sulfonamides is 1. The predicted octanol–water partition coefficient (Wildman–Crippen LogP) is 1.16. The summed E-state index contributed by atoms with van der Waals surface area (Å²) in [6.07, 6.45) is 0. The molecule has 156 valence electrons. The molecule has 29 heavy (non-hydrogen) atoms. The summed E-state index contributed by atoms with van der Waals surface area (Å²) in [7, 11) is -3.34. The molecule has 2 aromatic carbocycles. The lowest BCUT2D eigenvalue weighted by Gasteiger charge is -2.33. The van der Waals surface area contributed by atoms with E-state index in [0.717, 1.165) is 16.2 Å². The maximum atomic E-state index is 12.9. The smallest absolute Gasteiger partial charge is 0.282 e. The van der Waals surface area contributed by atoms with Gasteiger partial charge in [0.1, 0.15) is 0 Å². The number of nitrogens with zero attached hydrogens (tertiary/aromatic N) is 2. The van der Waals surface area contributed by atoms with Crippen LogP contribution in [0.5, 0.6) is 0 Å². The topological polar surface area (TPSA) is 62.1 Å². The first-order valence-corrected chi connectivity index (χ1v) is 11.7. The van der Waals surface area contributed by atoms with Gasteiger partial charge in [0, 0.05) is 11.7 Å². The molecule has 0 aromatic heterocycles.